The Morgan fingerprint density at radius 3 is 2.63 bits per heavy atom. The highest BCUT2D eigenvalue weighted by Crippen LogP contribution is 2.35. The lowest BCUT2D eigenvalue weighted by Gasteiger charge is -2.29. The molecule has 3 nitrogen and oxygen atoms in total. The molecule has 27 heavy (non-hydrogen) atoms. The van der Waals surface area contributed by atoms with Gasteiger partial charge < -0.3 is 10.4 Å². The third kappa shape index (κ3) is 4.23. The van der Waals surface area contributed by atoms with Gasteiger partial charge in [0.25, 0.3) is 0 Å². The second kappa shape index (κ2) is 8.76. The zero-order valence-electron chi connectivity index (χ0n) is 14.7. The Hall–Kier alpha value is -1.36. The van der Waals surface area contributed by atoms with Gasteiger partial charge in [0.15, 0.2) is 0 Å². The summed E-state index contributed by atoms with van der Waals surface area (Å²) in [7, 11) is 0. The maximum Gasteiger partial charge on any atom is 0.0950 e. The van der Waals surface area contributed by atoms with E-state index in [2.05, 4.69) is 5.32 Å². The average molecular weight is 424 g/mol. The SMILES string of the molecule is Cl.OC(c1cc(-c2ccc(Cl)cc2Cl)nc2ccccc12)C1CCCCN1. The number of para-hydroxylation sites is 1. The number of pyridine rings is 1. The van der Waals surface area contributed by atoms with Crippen molar-refractivity contribution in [2.45, 2.75) is 31.4 Å². The first-order valence-electron chi connectivity index (χ1n) is 8.90. The summed E-state index contributed by atoms with van der Waals surface area (Å²) in [5.41, 5.74) is 3.29. The third-order valence-corrected chi connectivity index (χ3v) is 5.55. The molecule has 0 bridgehead atoms. The summed E-state index contributed by atoms with van der Waals surface area (Å²) in [6, 6.07) is 15.3. The number of rotatable bonds is 3. The zero-order valence-corrected chi connectivity index (χ0v) is 17.0. The molecule has 2 aromatic carbocycles. The van der Waals surface area contributed by atoms with Crippen molar-refractivity contribution in [1.82, 2.24) is 10.3 Å². The molecule has 2 heterocycles. The standard InChI is InChI=1S/C21H20Cl2N2O.ClH/c22-13-8-9-15(17(23)11-13)20-12-16(14-5-1-2-6-18(14)25-20)21(26)19-7-3-4-10-24-19;/h1-2,5-6,8-9,11-12,19,21,24,26H,3-4,7,10H2;1H. The van der Waals surface area contributed by atoms with E-state index in [0.717, 1.165) is 53.5 Å². The summed E-state index contributed by atoms with van der Waals surface area (Å²) < 4.78 is 0. The largest absolute Gasteiger partial charge is 0.387 e. The number of fused-ring (bicyclic) bond motifs is 1. The molecule has 6 heteroatoms. The average Bonchev–Trinajstić information content (AvgIpc) is 2.67. The van der Waals surface area contributed by atoms with Gasteiger partial charge in [-0.05, 0) is 55.3 Å². The van der Waals surface area contributed by atoms with Gasteiger partial charge in [0.1, 0.15) is 0 Å². The Balaban J connectivity index is 0.00000210. The van der Waals surface area contributed by atoms with Crippen molar-refractivity contribution >= 4 is 46.5 Å². The Morgan fingerprint density at radius 1 is 1.07 bits per heavy atom. The number of aliphatic hydroxyl groups excluding tert-OH is 1. The van der Waals surface area contributed by atoms with E-state index < -0.39 is 6.10 Å². The molecule has 0 saturated carbocycles. The summed E-state index contributed by atoms with van der Waals surface area (Å²) in [4.78, 5) is 4.77. The van der Waals surface area contributed by atoms with Crippen molar-refractivity contribution in [1.29, 1.82) is 0 Å². The highest BCUT2D eigenvalue weighted by Gasteiger charge is 2.25. The highest BCUT2D eigenvalue weighted by molar-refractivity contribution is 6.36. The molecule has 0 aliphatic carbocycles. The molecule has 1 saturated heterocycles. The van der Waals surface area contributed by atoms with Crippen molar-refractivity contribution in [2.24, 2.45) is 0 Å². The van der Waals surface area contributed by atoms with Crippen LogP contribution in [0.15, 0.2) is 48.5 Å². The molecule has 1 aliphatic rings. The number of nitrogens with one attached hydrogen (secondary N) is 1. The number of hydrogen-bond donors (Lipinski definition) is 2. The van der Waals surface area contributed by atoms with Crippen LogP contribution in [-0.2, 0) is 0 Å². The number of benzene rings is 2. The molecule has 1 aliphatic heterocycles. The van der Waals surface area contributed by atoms with Crippen LogP contribution in [0.1, 0.15) is 30.9 Å². The lowest BCUT2D eigenvalue weighted by atomic mass is 9.92. The molecule has 0 radical (unpaired) electrons. The van der Waals surface area contributed by atoms with Gasteiger partial charge in [-0.1, -0.05) is 47.8 Å². The summed E-state index contributed by atoms with van der Waals surface area (Å²) in [5, 5.41) is 16.6. The van der Waals surface area contributed by atoms with E-state index in [4.69, 9.17) is 28.2 Å². The number of aromatic nitrogens is 1. The first kappa shape index (κ1) is 20.4. The second-order valence-electron chi connectivity index (χ2n) is 6.74. The van der Waals surface area contributed by atoms with Crippen LogP contribution in [0.3, 0.4) is 0 Å². The lowest BCUT2D eigenvalue weighted by Crippen LogP contribution is -2.38. The van der Waals surface area contributed by atoms with Crippen LogP contribution in [0.2, 0.25) is 10.0 Å². The smallest absolute Gasteiger partial charge is 0.0950 e. The molecular weight excluding hydrogens is 403 g/mol. The molecule has 1 fully saturated rings. The Morgan fingerprint density at radius 2 is 1.89 bits per heavy atom. The molecule has 3 aromatic rings. The van der Waals surface area contributed by atoms with Crippen LogP contribution in [0.5, 0.6) is 0 Å². The second-order valence-corrected chi connectivity index (χ2v) is 7.58. The number of piperidine rings is 1. The summed E-state index contributed by atoms with van der Waals surface area (Å²) in [5.74, 6) is 0. The van der Waals surface area contributed by atoms with E-state index in [0.29, 0.717) is 10.0 Å². The fourth-order valence-corrected chi connectivity index (χ4v) is 4.15. The van der Waals surface area contributed by atoms with Gasteiger partial charge in [0.2, 0.25) is 0 Å². The van der Waals surface area contributed by atoms with Crippen LogP contribution in [0.4, 0.5) is 0 Å². The minimum atomic E-state index is -0.590. The van der Waals surface area contributed by atoms with E-state index in [1.807, 2.05) is 36.4 Å². The van der Waals surface area contributed by atoms with Gasteiger partial charge in [0.05, 0.1) is 22.3 Å². The summed E-state index contributed by atoms with van der Waals surface area (Å²) in [6.45, 7) is 0.945. The maximum absolute atomic E-state index is 11.1. The molecule has 0 spiro atoms. The minimum Gasteiger partial charge on any atom is -0.387 e. The van der Waals surface area contributed by atoms with Gasteiger partial charge in [-0.15, -0.1) is 12.4 Å². The van der Waals surface area contributed by atoms with Crippen molar-refractivity contribution in [2.75, 3.05) is 6.54 Å². The van der Waals surface area contributed by atoms with Crippen LogP contribution in [-0.4, -0.2) is 22.7 Å². The van der Waals surface area contributed by atoms with Crippen molar-refractivity contribution in [3.8, 4) is 11.3 Å². The fourth-order valence-electron chi connectivity index (χ4n) is 3.65. The van der Waals surface area contributed by atoms with E-state index in [1.54, 1.807) is 12.1 Å². The molecule has 1 aromatic heterocycles. The van der Waals surface area contributed by atoms with Gasteiger partial charge in [-0.2, -0.15) is 0 Å². The maximum atomic E-state index is 11.1. The lowest BCUT2D eigenvalue weighted by molar-refractivity contribution is 0.115. The van der Waals surface area contributed by atoms with Crippen LogP contribution < -0.4 is 5.32 Å². The molecule has 2 unspecified atom stereocenters. The van der Waals surface area contributed by atoms with E-state index in [9.17, 15) is 5.11 Å². The van der Waals surface area contributed by atoms with Crippen molar-refractivity contribution in [3.63, 3.8) is 0 Å². The summed E-state index contributed by atoms with van der Waals surface area (Å²) >= 11 is 12.4. The first-order chi connectivity index (χ1) is 12.6. The van der Waals surface area contributed by atoms with Gasteiger partial charge >= 0.3 is 0 Å². The highest BCUT2D eigenvalue weighted by atomic mass is 35.5. The zero-order chi connectivity index (χ0) is 18.1. The monoisotopic (exact) mass is 422 g/mol. The number of halogens is 3. The van der Waals surface area contributed by atoms with Gasteiger partial charge in [-0.3, -0.25) is 0 Å². The van der Waals surface area contributed by atoms with Gasteiger partial charge in [0, 0.05) is 22.0 Å². The van der Waals surface area contributed by atoms with Crippen LogP contribution in [0.25, 0.3) is 22.2 Å². The Labute approximate surface area is 175 Å². The van der Waals surface area contributed by atoms with E-state index in [1.165, 1.54) is 0 Å². The summed E-state index contributed by atoms with van der Waals surface area (Å²) in [6.07, 6.45) is 2.67. The molecule has 0 amide bonds. The number of aliphatic hydroxyl groups is 1. The molecule has 142 valence electrons. The topological polar surface area (TPSA) is 45.2 Å². The predicted octanol–water partition coefficient (Wildman–Crippen LogP) is 5.81. The minimum absolute atomic E-state index is 0. The van der Waals surface area contributed by atoms with E-state index >= 15 is 0 Å². The van der Waals surface area contributed by atoms with E-state index in [-0.39, 0.29) is 18.4 Å². The third-order valence-electron chi connectivity index (χ3n) is 5.00. The Kier molecular flexibility index (Phi) is 6.61. The number of hydrogen-bond acceptors (Lipinski definition) is 3. The Bertz CT molecular complexity index is 942. The fraction of sp³-hybridized carbons (Fsp3) is 0.286. The molecule has 2 atom stereocenters. The van der Waals surface area contributed by atoms with Crippen LogP contribution in [0, 0.1) is 0 Å². The predicted molar refractivity (Wildman–Crippen MR) is 115 cm³/mol. The normalized spacial score (nSPS) is 18.1. The molecule has 4 rings (SSSR count). The van der Waals surface area contributed by atoms with Gasteiger partial charge in [-0.25, -0.2) is 4.98 Å². The number of nitrogens with zero attached hydrogens (tertiary/aromatic N) is 1. The molecular formula is C21H21Cl3N2O. The van der Waals surface area contributed by atoms with Crippen LogP contribution >= 0.6 is 35.6 Å². The van der Waals surface area contributed by atoms with Crippen molar-refractivity contribution in [3.05, 3.63) is 64.1 Å². The quantitative estimate of drug-likeness (QED) is 0.559. The van der Waals surface area contributed by atoms with Crippen molar-refractivity contribution < 1.29 is 5.11 Å². The first-order valence-corrected chi connectivity index (χ1v) is 9.65. The molecule has 2 N–H and O–H groups in total.